The lowest BCUT2D eigenvalue weighted by Gasteiger charge is -2.07. The van der Waals surface area contributed by atoms with Crippen molar-refractivity contribution in [2.24, 2.45) is 0 Å². The molecule has 1 amide bonds. The molecular weight excluding hydrogens is 262 g/mol. The van der Waals surface area contributed by atoms with Crippen LogP contribution in [0, 0.1) is 4.77 Å². The molecule has 100 valence electrons. The molecule has 2 rings (SSSR count). The summed E-state index contributed by atoms with van der Waals surface area (Å²) in [6.07, 6.45) is 0.240. The smallest absolute Gasteiger partial charge is 0.262 e. The molecule has 0 saturated heterocycles. The van der Waals surface area contributed by atoms with Gasteiger partial charge in [0.2, 0.25) is 5.91 Å². The van der Waals surface area contributed by atoms with E-state index in [1.54, 1.807) is 18.2 Å². The summed E-state index contributed by atoms with van der Waals surface area (Å²) >= 11 is 5.16. The third kappa shape index (κ3) is 2.90. The van der Waals surface area contributed by atoms with Gasteiger partial charge >= 0.3 is 0 Å². The van der Waals surface area contributed by atoms with Gasteiger partial charge < -0.3 is 10.3 Å². The molecular formula is C13H15N3O2S. The maximum absolute atomic E-state index is 12.3. The highest BCUT2D eigenvalue weighted by Crippen LogP contribution is 2.06. The zero-order valence-corrected chi connectivity index (χ0v) is 11.4. The Morgan fingerprint density at radius 1 is 1.42 bits per heavy atom. The molecule has 6 heteroatoms. The van der Waals surface area contributed by atoms with Crippen molar-refractivity contribution in [3.63, 3.8) is 0 Å². The first-order chi connectivity index (χ1) is 9.13. The SMILES string of the molecule is CCNC(=O)CCn1c(=S)[nH]c2ccccc2c1=O. The number of benzene rings is 1. The summed E-state index contributed by atoms with van der Waals surface area (Å²) in [7, 11) is 0. The van der Waals surface area contributed by atoms with E-state index >= 15 is 0 Å². The van der Waals surface area contributed by atoms with Crippen LogP contribution < -0.4 is 10.9 Å². The third-order valence-corrected chi connectivity index (χ3v) is 3.15. The summed E-state index contributed by atoms with van der Waals surface area (Å²) in [5, 5.41) is 3.27. The Balaban J connectivity index is 2.36. The Morgan fingerprint density at radius 3 is 2.89 bits per heavy atom. The Morgan fingerprint density at radius 2 is 2.16 bits per heavy atom. The molecule has 5 nitrogen and oxygen atoms in total. The van der Waals surface area contributed by atoms with Crippen LogP contribution in [0.4, 0.5) is 0 Å². The molecule has 0 aliphatic rings. The van der Waals surface area contributed by atoms with Crippen LogP contribution in [-0.4, -0.2) is 22.0 Å². The number of carbonyl (C=O) groups excluding carboxylic acids is 1. The van der Waals surface area contributed by atoms with E-state index < -0.39 is 0 Å². The maximum Gasteiger partial charge on any atom is 0.262 e. The fourth-order valence-electron chi connectivity index (χ4n) is 1.90. The molecule has 0 aliphatic heterocycles. The molecule has 0 atom stereocenters. The van der Waals surface area contributed by atoms with Crippen LogP contribution in [0.25, 0.3) is 10.9 Å². The van der Waals surface area contributed by atoms with Crippen LogP contribution in [0.3, 0.4) is 0 Å². The van der Waals surface area contributed by atoms with Gasteiger partial charge in [-0.3, -0.25) is 14.2 Å². The number of amides is 1. The minimum atomic E-state index is -0.163. The molecule has 2 N–H and O–H groups in total. The van der Waals surface area contributed by atoms with Crippen LogP contribution in [0.1, 0.15) is 13.3 Å². The fraction of sp³-hybridized carbons (Fsp3) is 0.308. The van der Waals surface area contributed by atoms with E-state index in [4.69, 9.17) is 12.2 Å². The van der Waals surface area contributed by atoms with E-state index in [1.807, 2.05) is 13.0 Å². The van der Waals surface area contributed by atoms with Gasteiger partial charge in [-0.05, 0) is 31.3 Å². The first-order valence-corrected chi connectivity index (χ1v) is 6.53. The number of para-hydroxylation sites is 1. The number of fused-ring (bicyclic) bond motifs is 1. The van der Waals surface area contributed by atoms with E-state index in [0.717, 1.165) is 0 Å². The number of carbonyl (C=O) groups is 1. The predicted molar refractivity (Wildman–Crippen MR) is 76.7 cm³/mol. The number of aromatic nitrogens is 2. The van der Waals surface area contributed by atoms with Gasteiger partial charge in [-0.25, -0.2) is 0 Å². The van der Waals surface area contributed by atoms with Gasteiger partial charge in [0, 0.05) is 19.5 Å². The van der Waals surface area contributed by atoms with Crippen molar-refractivity contribution in [2.45, 2.75) is 19.9 Å². The number of hydrogen-bond donors (Lipinski definition) is 2. The predicted octanol–water partition coefficient (Wildman–Crippen LogP) is 1.59. The highest BCUT2D eigenvalue weighted by molar-refractivity contribution is 7.71. The lowest BCUT2D eigenvalue weighted by atomic mass is 10.2. The lowest BCUT2D eigenvalue weighted by molar-refractivity contribution is -0.121. The van der Waals surface area contributed by atoms with Crippen molar-refractivity contribution in [2.75, 3.05) is 6.54 Å². The van der Waals surface area contributed by atoms with Gasteiger partial charge in [0.25, 0.3) is 5.56 Å². The summed E-state index contributed by atoms with van der Waals surface area (Å²) in [4.78, 5) is 26.7. The second-order valence-electron chi connectivity index (χ2n) is 4.14. The quantitative estimate of drug-likeness (QED) is 0.834. The van der Waals surface area contributed by atoms with Crippen molar-refractivity contribution in [1.82, 2.24) is 14.9 Å². The molecule has 2 aromatic rings. The number of nitrogens with zero attached hydrogens (tertiary/aromatic N) is 1. The molecule has 0 fully saturated rings. The van der Waals surface area contributed by atoms with E-state index in [1.165, 1.54) is 4.57 Å². The van der Waals surface area contributed by atoms with Crippen LogP contribution in [0.15, 0.2) is 29.1 Å². The Labute approximate surface area is 115 Å². The normalized spacial score (nSPS) is 10.6. The zero-order valence-electron chi connectivity index (χ0n) is 10.6. The standard InChI is InChI=1S/C13H15N3O2S/c1-2-14-11(17)7-8-16-12(18)9-5-3-4-6-10(9)15-13(16)19/h3-6H,2,7-8H2,1H3,(H,14,17)(H,15,19). The average Bonchev–Trinajstić information content (AvgIpc) is 2.39. The number of aromatic amines is 1. The maximum atomic E-state index is 12.3. The molecule has 0 saturated carbocycles. The average molecular weight is 277 g/mol. The van der Waals surface area contributed by atoms with Crippen LogP contribution in [0.5, 0.6) is 0 Å². The highest BCUT2D eigenvalue weighted by Gasteiger charge is 2.07. The first kappa shape index (κ1) is 13.5. The topological polar surface area (TPSA) is 66.9 Å². The third-order valence-electron chi connectivity index (χ3n) is 2.83. The van der Waals surface area contributed by atoms with E-state index in [9.17, 15) is 9.59 Å². The van der Waals surface area contributed by atoms with Gasteiger partial charge in [0.15, 0.2) is 4.77 Å². The number of H-pyrrole nitrogens is 1. The Kier molecular flexibility index (Phi) is 4.11. The Bertz CT molecular complexity index is 718. The Hall–Kier alpha value is -1.95. The molecule has 0 aliphatic carbocycles. The van der Waals surface area contributed by atoms with Crippen molar-refractivity contribution in [3.8, 4) is 0 Å². The van der Waals surface area contributed by atoms with Crippen molar-refractivity contribution in [1.29, 1.82) is 0 Å². The summed E-state index contributed by atoms with van der Waals surface area (Å²) in [6, 6.07) is 7.19. The summed E-state index contributed by atoms with van der Waals surface area (Å²) in [5.74, 6) is -0.0861. The molecule has 1 aromatic carbocycles. The molecule has 1 aromatic heterocycles. The molecule has 19 heavy (non-hydrogen) atoms. The van der Waals surface area contributed by atoms with Crippen molar-refractivity contribution < 1.29 is 4.79 Å². The van der Waals surface area contributed by atoms with Gasteiger partial charge in [-0.2, -0.15) is 0 Å². The zero-order chi connectivity index (χ0) is 13.8. The van der Waals surface area contributed by atoms with Crippen LogP contribution >= 0.6 is 12.2 Å². The number of rotatable bonds is 4. The molecule has 1 heterocycles. The van der Waals surface area contributed by atoms with E-state index in [0.29, 0.717) is 22.2 Å². The van der Waals surface area contributed by atoms with Gasteiger partial charge in [-0.1, -0.05) is 12.1 Å². The largest absolute Gasteiger partial charge is 0.356 e. The minimum Gasteiger partial charge on any atom is -0.356 e. The second-order valence-corrected chi connectivity index (χ2v) is 4.52. The fourth-order valence-corrected chi connectivity index (χ4v) is 2.19. The number of hydrogen-bond acceptors (Lipinski definition) is 3. The number of nitrogens with one attached hydrogen (secondary N) is 2. The van der Waals surface area contributed by atoms with E-state index in [2.05, 4.69) is 10.3 Å². The summed E-state index contributed by atoms with van der Waals surface area (Å²) < 4.78 is 1.76. The summed E-state index contributed by atoms with van der Waals surface area (Å²) in [5.41, 5.74) is 0.551. The molecule has 0 unspecified atom stereocenters. The van der Waals surface area contributed by atoms with Crippen LogP contribution in [-0.2, 0) is 11.3 Å². The molecule has 0 spiro atoms. The molecule has 0 bridgehead atoms. The van der Waals surface area contributed by atoms with Crippen molar-refractivity contribution in [3.05, 3.63) is 39.4 Å². The highest BCUT2D eigenvalue weighted by atomic mass is 32.1. The monoisotopic (exact) mass is 277 g/mol. The van der Waals surface area contributed by atoms with Gasteiger partial charge in [0.1, 0.15) is 0 Å². The summed E-state index contributed by atoms with van der Waals surface area (Å²) in [6.45, 7) is 2.72. The molecule has 0 radical (unpaired) electrons. The van der Waals surface area contributed by atoms with Crippen molar-refractivity contribution >= 4 is 29.0 Å². The van der Waals surface area contributed by atoms with Crippen LogP contribution in [0.2, 0.25) is 0 Å². The van der Waals surface area contributed by atoms with Gasteiger partial charge in [0.05, 0.1) is 10.9 Å². The van der Waals surface area contributed by atoms with E-state index in [-0.39, 0.29) is 24.4 Å². The first-order valence-electron chi connectivity index (χ1n) is 6.12. The lowest BCUT2D eigenvalue weighted by Crippen LogP contribution is -2.28. The minimum absolute atomic E-state index is 0.0861. The van der Waals surface area contributed by atoms with Gasteiger partial charge in [-0.15, -0.1) is 0 Å². The second kappa shape index (κ2) is 5.79.